The summed E-state index contributed by atoms with van der Waals surface area (Å²) in [7, 11) is 0. The minimum Gasteiger partial charge on any atom is -0.462 e. The molecule has 0 radical (unpaired) electrons. The van der Waals surface area contributed by atoms with Gasteiger partial charge in [0.1, 0.15) is 5.25 Å². The lowest BCUT2D eigenvalue weighted by atomic mass is 10.1. The molecule has 0 unspecified atom stereocenters. The molecule has 5 rings (SSSR count). The van der Waals surface area contributed by atoms with Gasteiger partial charge in [-0.25, -0.2) is 9.79 Å². The second-order valence-electron chi connectivity index (χ2n) is 8.50. The molecule has 3 aromatic carbocycles. The highest BCUT2D eigenvalue weighted by Crippen LogP contribution is 2.36. The summed E-state index contributed by atoms with van der Waals surface area (Å²) in [4.78, 5) is 44.4. The number of aliphatic imine (C=N–C) groups is 1. The van der Waals surface area contributed by atoms with Gasteiger partial charge in [0.25, 0.3) is 0 Å². The summed E-state index contributed by atoms with van der Waals surface area (Å²) >= 11 is 1.24. The lowest BCUT2D eigenvalue weighted by molar-refractivity contribution is -0.128. The van der Waals surface area contributed by atoms with Crippen molar-refractivity contribution in [2.24, 2.45) is 4.99 Å². The Kier molecular flexibility index (Phi) is 7.60. The second-order valence-corrected chi connectivity index (χ2v) is 9.67. The summed E-state index contributed by atoms with van der Waals surface area (Å²) in [6, 6.07) is 21.3. The van der Waals surface area contributed by atoms with Crippen LogP contribution in [-0.4, -0.2) is 46.5 Å². The molecule has 0 bridgehead atoms. The maximum Gasteiger partial charge on any atom is 0.338 e. The van der Waals surface area contributed by atoms with Crippen LogP contribution in [0.15, 0.2) is 77.8 Å². The van der Waals surface area contributed by atoms with Crippen molar-refractivity contribution in [3.63, 3.8) is 0 Å². The van der Waals surface area contributed by atoms with Crippen LogP contribution in [0.25, 0.3) is 0 Å². The largest absolute Gasteiger partial charge is 0.462 e. The highest BCUT2D eigenvalue weighted by Gasteiger charge is 2.39. The van der Waals surface area contributed by atoms with E-state index in [2.05, 4.69) is 5.32 Å². The number of amidine groups is 1. The van der Waals surface area contributed by atoms with Crippen LogP contribution in [0.3, 0.4) is 0 Å². The van der Waals surface area contributed by atoms with E-state index in [1.54, 1.807) is 54.3 Å². The summed E-state index contributed by atoms with van der Waals surface area (Å²) in [5.41, 5.74) is 2.49. The first-order chi connectivity index (χ1) is 18.5. The smallest absolute Gasteiger partial charge is 0.338 e. The number of carbonyl (C=O) groups excluding carboxylic acids is 3. The Balaban J connectivity index is 1.37. The number of hydrogen-bond donors (Lipinski definition) is 1. The van der Waals surface area contributed by atoms with Gasteiger partial charge in [-0.05, 0) is 61.0 Å². The maximum absolute atomic E-state index is 13.5. The molecule has 2 amide bonds. The van der Waals surface area contributed by atoms with E-state index in [-0.39, 0.29) is 38.2 Å². The zero-order valence-corrected chi connectivity index (χ0v) is 21.4. The van der Waals surface area contributed by atoms with Crippen LogP contribution in [0.2, 0.25) is 0 Å². The molecule has 1 atom stereocenters. The molecule has 1 fully saturated rings. The Labute approximate surface area is 223 Å². The summed E-state index contributed by atoms with van der Waals surface area (Å²) in [5.74, 6) is 0.393. The SMILES string of the molecule is CCOC(=O)c1ccc(N=C2S[C@@H](CC(=O)Nc3ccccc3)C(=O)N2Cc2ccc3c(c2)OCO3)cc1. The number of hydrogen-bond acceptors (Lipinski definition) is 8. The Morgan fingerprint density at radius 3 is 2.58 bits per heavy atom. The number of fused-ring (bicyclic) bond motifs is 1. The van der Waals surface area contributed by atoms with Gasteiger partial charge in [-0.3, -0.25) is 14.5 Å². The molecule has 2 aliphatic rings. The highest BCUT2D eigenvalue weighted by molar-refractivity contribution is 8.15. The number of esters is 1. The summed E-state index contributed by atoms with van der Waals surface area (Å²) in [6.07, 6.45) is -0.00313. The number of ether oxygens (including phenoxy) is 3. The van der Waals surface area contributed by atoms with Gasteiger partial charge in [0, 0.05) is 12.1 Å². The Morgan fingerprint density at radius 2 is 1.82 bits per heavy atom. The summed E-state index contributed by atoms with van der Waals surface area (Å²) in [6.45, 7) is 2.44. The van der Waals surface area contributed by atoms with Crippen molar-refractivity contribution in [3.8, 4) is 11.5 Å². The molecule has 0 aromatic heterocycles. The number of nitrogens with one attached hydrogen (secondary N) is 1. The third-order valence-corrected chi connectivity index (χ3v) is 7.00. The Hall–Kier alpha value is -4.31. The average Bonchev–Trinajstić information content (AvgIpc) is 3.50. The zero-order chi connectivity index (χ0) is 26.5. The number of amides is 2. The van der Waals surface area contributed by atoms with Gasteiger partial charge in [-0.2, -0.15) is 0 Å². The first-order valence-corrected chi connectivity index (χ1v) is 13.0. The number of thioether (sulfide) groups is 1. The Bertz CT molecular complexity index is 1380. The van der Waals surface area contributed by atoms with Gasteiger partial charge in [0.15, 0.2) is 16.7 Å². The molecule has 194 valence electrons. The van der Waals surface area contributed by atoms with Crippen LogP contribution in [0.1, 0.15) is 29.3 Å². The molecule has 0 spiro atoms. The highest BCUT2D eigenvalue weighted by atomic mass is 32.2. The van der Waals surface area contributed by atoms with Gasteiger partial charge in [0.2, 0.25) is 18.6 Å². The fraction of sp³-hybridized carbons (Fsp3) is 0.214. The van der Waals surface area contributed by atoms with E-state index >= 15 is 0 Å². The molecule has 0 saturated carbocycles. The minimum absolute atomic E-state index is 0.00313. The molecule has 9 nitrogen and oxygen atoms in total. The molecule has 38 heavy (non-hydrogen) atoms. The summed E-state index contributed by atoms with van der Waals surface area (Å²) in [5, 5.41) is 2.67. The van der Waals surface area contributed by atoms with E-state index in [9.17, 15) is 14.4 Å². The number of anilines is 1. The number of nitrogens with zero attached hydrogens (tertiary/aromatic N) is 2. The van der Waals surface area contributed by atoms with E-state index in [1.807, 2.05) is 30.3 Å². The number of carbonyl (C=O) groups is 3. The molecule has 3 aromatic rings. The quantitative estimate of drug-likeness (QED) is 0.418. The lowest BCUT2D eigenvalue weighted by Gasteiger charge is -2.17. The molecule has 1 saturated heterocycles. The van der Waals surface area contributed by atoms with Gasteiger partial charge >= 0.3 is 5.97 Å². The van der Waals surface area contributed by atoms with Gasteiger partial charge in [-0.15, -0.1) is 0 Å². The normalized spacial score (nSPS) is 17.1. The van der Waals surface area contributed by atoms with Crippen LogP contribution < -0.4 is 14.8 Å². The molecule has 0 aliphatic carbocycles. The summed E-state index contributed by atoms with van der Waals surface area (Å²) < 4.78 is 15.9. The topological polar surface area (TPSA) is 107 Å². The van der Waals surface area contributed by atoms with Crippen molar-refractivity contribution in [3.05, 3.63) is 83.9 Å². The number of benzene rings is 3. The zero-order valence-electron chi connectivity index (χ0n) is 20.6. The van der Waals surface area contributed by atoms with Gasteiger partial charge in [-0.1, -0.05) is 36.0 Å². The lowest BCUT2D eigenvalue weighted by Crippen LogP contribution is -2.33. The van der Waals surface area contributed by atoms with Crippen LogP contribution in [0.5, 0.6) is 11.5 Å². The van der Waals surface area contributed by atoms with E-state index in [1.165, 1.54) is 11.8 Å². The second kappa shape index (κ2) is 11.4. The maximum atomic E-state index is 13.5. The standard InChI is InChI=1S/C28H25N3O6S/c1-2-35-27(34)19-9-11-21(12-10-19)30-28-31(16-18-8-13-22-23(14-18)37-17-36-22)26(33)24(38-28)15-25(32)29-20-6-4-3-5-7-20/h3-14,24H,2,15-17H2,1H3,(H,29,32)/t24-/m0/s1. The predicted molar refractivity (Wildman–Crippen MR) is 144 cm³/mol. The van der Waals surface area contributed by atoms with Crippen molar-refractivity contribution in [2.75, 3.05) is 18.7 Å². The first kappa shape index (κ1) is 25.3. The van der Waals surface area contributed by atoms with Crippen molar-refractivity contribution in [1.29, 1.82) is 0 Å². The third kappa shape index (κ3) is 5.81. The predicted octanol–water partition coefficient (Wildman–Crippen LogP) is 4.75. The fourth-order valence-corrected chi connectivity index (χ4v) is 5.15. The number of rotatable bonds is 8. The minimum atomic E-state index is -0.634. The molecule has 2 heterocycles. The van der Waals surface area contributed by atoms with Crippen LogP contribution in [-0.2, 0) is 20.9 Å². The number of para-hydroxylation sites is 1. The average molecular weight is 532 g/mol. The Morgan fingerprint density at radius 1 is 1.05 bits per heavy atom. The van der Waals surface area contributed by atoms with E-state index in [0.717, 1.165) is 5.56 Å². The molecule has 10 heteroatoms. The van der Waals surface area contributed by atoms with Crippen molar-refractivity contribution < 1.29 is 28.6 Å². The monoisotopic (exact) mass is 531 g/mol. The molecule has 1 N–H and O–H groups in total. The van der Waals surface area contributed by atoms with Crippen LogP contribution in [0.4, 0.5) is 11.4 Å². The molecule has 2 aliphatic heterocycles. The third-order valence-electron chi connectivity index (χ3n) is 5.83. The van der Waals surface area contributed by atoms with E-state index < -0.39 is 11.2 Å². The van der Waals surface area contributed by atoms with Crippen LogP contribution in [0, 0.1) is 0 Å². The fourth-order valence-electron chi connectivity index (χ4n) is 3.99. The molecular formula is C28H25N3O6S. The molecular weight excluding hydrogens is 506 g/mol. The first-order valence-electron chi connectivity index (χ1n) is 12.1. The van der Waals surface area contributed by atoms with E-state index in [4.69, 9.17) is 19.2 Å². The van der Waals surface area contributed by atoms with Crippen molar-refractivity contribution in [1.82, 2.24) is 4.90 Å². The van der Waals surface area contributed by atoms with E-state index in [0.29, 0.717) is 33.6 Å². The van der Waals surface area contributed by atoms with Gasteiger partial charge < -0.3 is 19.5 Å². The van der Waals surface area contributed by atoms with Gasteiger partial charge in [0.05, 0.1) is 24.4 Å². The van der Waals surface area contributed by atoms with Crippen molar-refractivity contribution in [2.45, 2.75) is 25.1 Å². The van der Waals surface area contributed by atoms with Crippen LogP contribution >= 0.6 is 11.8 Å². The van der Waals surface area contributed by atoms with Crippen molar-refractivity contribution >= 4 is 46.1 Å².